The molecule has 1 amide bonds. The van der Waals surface area contributed by atoms with Crippen LogP contribution < -0.4 is 0 Å². The van der Waals surface area contributed by atoms with Crippen molar-refractivity contribution in [2.45, 2.75) is 64.8 Å². The summed E-state index contributed by atoms with van der Waals surface area (Å²) in [7, 11) is 0. The summed E-state index contributed by atoms with van der Waals surface area (Å²) in [5.74, 6) is -3.56. The number of nitrogens with zero attached hydrogens (tertiary/aromatic N) is 3. The van der Waals surface area contributed by atoms with Crippen LogP contribution in [0, 0.1) is 10.8 Å². The van der Waals surface area contributed by atoms with Crippen LogP contribution in [0.15, 0.2) is 24.4 Å². The molecule has 0 unspecified atom stereocenters. The van der Waals surface area contributed by atoms with E-state index in [1.165, 1.54) is 25.1 Å². The predicted molar refractivity (Wildman–Crippen MR) is 137 cm³/mol. The smallest absolute Gasteiger partial charge is 0.433 e. The largest absolute Gasteiger partial charge is 0.481 e. The van der Waals surface area contributed by atoms with Crippen LogP contribution in [0.4, 0.5) is 26.3 Å². The first kappa shape index (κ1) is 32.7. The molecule has 2 aromatic rings. The van der Waals surface area contributed by atoms with Crippen LogP contribution in [0.5, 0.6) is 0 Å². The number of carboxylic acid groups (broad SMARTS) is 1. The lowest BCUT2D eigenvalue weighted by atomic mass is 9.74. The van der Waals surface area contributed by atoms with Crippen molar-refractivity contribution in [1.82, 2.24) is 14.7 Å². The topological polar surface area (TPSA) is 92.5 Å². The highest BCUT2D eigenvalue weighted by molar-refractivity contribution is 6.40. The van der Waals surface area contributed by atoms with Gasteiger partial charge in [0.05, 0.1) is 50.8 Å². The zero-order valence-electron chi connectivity index (χ0n) is 22.2. The van der Waals surface area contributed by atoms with Crippen LogP contribution >= 0.6 is 23.2 Å². The van der Waals surface area contributed by atoms with Crippen molar-refractivity contribution < 1.29 is 45.8 Å². The van der Waals surface area contributed by atoms with Gasteiger partial charge in [-0.3, -0.25) is 19.1 Å². The lowest BCUT2D eigenvalue weighted by Crippen LogP contribution is -2.47. The molecule has 0 aliphatic heterocycles. The van der Waals surface area contributed by atoms with Crippen LogP contribution in [0.2, 0.25) is 10.0 Å². The SMILES string of the molecule is CC1(C(=O)O)CCC(n2ncc(C(=O)N(CC(=O)c3c(Cl)cccc3Cl)CC(C)(C)C(F)(F)F)c2C(F)(F)F)CC1. The number of aliphatic carboxylic acids is 1. The molecule has 0 bridgehead atoms. The second-order valence-electron chi connectivity index (χ2n) is 11.0. The monoisotopic (exact) mass is 629 g/mol. The second-order valence-corrected chi connectivity index (χ2v) is 11.8. The summed E-state index contributed by atoms with van der Waals surface area (Å²) in [4.78, 5) is 38.6. The fourth-order valence-corrected chi connectivity index (χ4v) is 5.34. The van der Waals surface area contributed by atoms with E-state index in [-0.39, 0.29) is 41.3 Å². The van der Waals surface area contributed by atoms with Crippen LogP contribution in [0.3, 0.4) is 0 Å². The minimum atomic E-state index is -5.16. The number of aromatic nitrogens is 2. The van der Waals surface area contributed by atoms with Gasteiger partial charge in [0.15, 0.2) is 11.5 Å². The average Bonchev–Trinajstić information content (AvgIpc) is 3.28. The van der Waals surface area contributed by atoms with Gasteiger partial charge in [0.1, 0.15) is 0 Å². The number of Topliss-reactive ketones (excluding diaryl/α,β-unsaturated/α-hetero) is 1. The molecule has 1 aromatic carbocycles. The summed E-state index contributed by atoms with van der Waals surface area (Å²) in [5.41, 5.74) is -6.59. The highest BCUT2D eigenvalue weighted by Gasteiger charge is 2.50. The minimum Gasteiger partial charge on any atom is -0.481 e. The molecule has 226 valence electrons. The number of carbonyl (C=O) groups is 3. The lowest BCUT2D eigenvalue weighted by Gasteiger charge is -2.35. The Hall–Kier alpha value is -2.80. The van der Waals surface area contributed by atoms with Gasteiger partial charge in [-0.2, -0.15) is 31.4 Å². The van der Waals surface area contributed by atoms with Crippen molar-refractivity contribution in [3.8, 4) is 0 Å². The van der Waals surface area contributed by atoms with Gasteiger partial charge in [-0.1, -0.05) is 29.3 Å². The zero-order chi connectivity index (χ0) is 31.1. The van der Waals surface area contributed by atoms with Crippen LogP contribution in [0.1, 0.15) is 78.9 Å². The third kappa shape index (κ3) is 6.82. The van der Waals surface area contributed by atoms with Gasteiger partial charge < -0.3 is 10.0 Å². The molecule has 1 aliphatic carbocycles. The third-order valence-corrected chi connectivity index (χ3v) is 8.06. The van der Waals surface area contributed by atoms with Crippen molar-refractivity contribution >= 4 is 40.9 Å². The molecule has 15 heteroatoms. The second kappa shape index (κ2) is 11.5. The highest BCUT2D eigenvalue weighted by atomic mass is 35.5. The Labute approximate surface area is 241 Å². The van der Waals surface area contributed by atoms with Gasteiger partial charge in [-0.25, -0.2) is 0 Å². The van der Waals surface area contributed by atoms with Crippen molar-refractivity contribution in [3.05, 3.63) is 51.3 Å². The fourth-order valence-electron chi connectivity index (χ4n) is 4.73. The maximum atomic E-state index is 14.4. The normalized spacial score (nSPS) is 20.1. The predicted octanol–water partition coefficient (Wildman–Crippen LogP) is 7.33. The summed E-state index contributed by atoms with van der Waals surface area (Å²) in [5, 5.41) is 12.9. The fraction of sp³-hybridized carbons (Fsp3) is 0.538. The number of hydrogen-bond donors (Lipinski definition) is 1. The third-order valence-electron chi connectivity index (χ3n) is 7.43. The van der Waals surface area contributed by atoms with E-state index in [1.54, 1.807) is 0 Å². The quantitative estimate of drug-likeness (QED) is 0.244. The van der Waals surface area contributed by atoms with Crippen LogP contribution in [-0.2, 0) is 11.0 Å². The summed E-state index contributed by atoms with van der Waals surface area (Å²) < 4.78 is 85.0. The number of amides is 1. The van der Waals surface area contributed by atoms with E-state index in [0.29, 0.717) is 15.8 Å². The first-order chi connectivity index (χ1) is 18.7. The van der Waals surface area contributed by atoms with Crippen LogP contribution in [-0.4, -0.2) is 56.7 Å². The molecule has 1 N–H and O–H groups in total. The lowest BCUT2D eigenvalue weighted by molar-refractivity contribution is -0.214. The number of ketones is 1. The maximum absolute atomic E-state index is 14.4. The van der Waals surface area contributed by atoms with Gasteiger partial charge in [0.2, 0.25) is 0 Å². The maximum Gasteiger partial charge on any atom is 0.433 e. The minimum absolute atomic E-state index is 0.00943. The Morgan fingerprint density at radius 3 is 2.07 bits per heavy atom. The Kier molecular flexibility index (Phi) is 9.15. The molecule has 0 radical (unpaired) electrons. The van der Waals surface area contributed by atoms with Gasteiger partial charge in [-0.05, 0) is 58.6 Å². The first-order valence-corrected chi connectivity index (χ1v) is 13.2. The summed E-state index contributed by atoms with van der Waals surface area (Å²) in [6, 6.07) is 3.07. The van der Waals surface area contributed by atoms with Crippen molar-refractivity contribution in [3.63, 3.8) is 0 Å². The number of carbonyl (C=O) groups excluding carboxylic acids is 2. The number of alkyl halides is 6. The molecular formula is C26H27Cl2F6N3O4. The molecular weight excluding hydrogens is 603 g/mol. The molecule has 0 atom stereocenters. The van der Waals surface area contributed by atoms with E-state index < -0.39 is 71.2 Å². The number of hydrogen-bond acceptors (Lipinski definition) is 4. The number of carboxylic acids is 1. The van der Waals surface area contributed by atoms with Gasteiger partial charge in [0, 0.05) is 6.54 Å². The molecule has 1 heterocycles. The van der Waals surface area contributed by atoms with E-state index in [4.69, 9.17) is 23.2 Å². The summed E-state index contributed by atoms with van der Waals surface area (Å²) in [6.45, 7) is 0.763. The summed E-state index contributed by atoms with van der Waals surface area (Å²) >= 11 is 12.1. The Bertz CT molecular complexity index is 1310. The molecule has 0 saturated heterocycles. The highest BCUT2D eigenvalue weighted by Crippen LogP contribution is 2.44. The molecule has 3 rings (SSSR count). The molecule has 1 saturated carbocycles. The van der Waals surface area contributed by atoms with E-state index in [9.17, 15) is 45.8 Å². The van der Waals surface area contributed by atoms with E-state index in [2.05, 4.69) is 5.10 Å². The Morgan fingerprint density at radius 2 is 1.61 bits per heavy atom. The molecule has 0 spiro atoms. The van der Waals surface area contributed by atoms with Gasteiger partial charge in [0.25, 0.3) is 5.91 Å². The average molecular weight is 630 g/mol. The molecule has 1 aliphatic rings. The van der Waals surface area contributed by atoms with E-state index in [0.717, 1.165) is 13.8 Å². The first-order valence-electron chi connectivity index (χ1n) is 12.4. The van der Waals surface area contributed by atoms with Crippen molar-refractivity contribution in [2.75, 3.05) is 13.1 Å². The number of rotatable bonds is 8. The number of halogens is 8. The van der Waals surface area contributed by atoms with Gasteiger partial charge in [-0.15, -0.1) is 0 Å². The standard InChI is InChI=1S/C26H27Cl2F6N3O4/c1-23(2,26(32,33)34)13-36(12-18(38)19-16(27)5-4-6-17(19)28)21(39)15-11-35-37(20(15)25(29,30)31)14-7-9-24(3,10-8-14)22(40)41/h4-6,11,14H,7-10,12-13H2,1-3H3,(H,40,41). The molecule has 7 nitrogen and oxygen atoms in total. The van der Waals surface area contributed by atoms with Crippen LogP contribution in [0.25, 0.3) is 0 Å². The van der Waals surface area contributed by atoms with E-state index >= 15 is 0 Å². The molecule has 41 heavy (non-hydrogen) atoms. The Morgan fingerprint density at radius 1 is 1.07 bits per heavy atom. The van der Waals surface area contributed by atoms with Gasteiger partial charge >= 0.3 is 18.3 Å². The van der Waals surface area contributed by atoms with Crippen molar-refractivity contribution in [2.24, 2.45) is 10.8 Å². The Balaban J connectivity index is 2.05. The number of benzene rings is 1. The van der Waals surface area contributed by atoms with Crippen molar-refractivity contribution in [1.29, 1.82) is 0 Å². The zero-order valence-corrected chi connectivity index (χ0v) is 23.7. The van der Waals surface area contributed by atoms with E-state index in [1.807, 2.05) is 0 Å². The molecule has 1 fully saturated rings. The molecule has 1 aromatic heterocycles. The summed E-state index contributed by atoms with van der Waals surface area (Å²) in [6.07, 6.45) is -9.32.